The first-order valence-corrected chi connectivity index (χ1v) is 6.17. The lowest BCUT2D eigenvalue weighted by molar-refractivity contribution is -0.138. The van der Waals surface area contributed by atoms with Crippen LogP contribution in [0.5, 0.6) is 0 Å². The molecule has 2 aromatic rings. The number of carboxylic acids is 1. The van der Waals surface area contributed by atoms with Crippen molar-refractivity contribution in [3.8, 4) is 11.4 Å². The zero-order valence-electron chi connectivity index (χ0n) is 10.4. The fourth-order valence-electron chi connectivity index (χ4n) is 2.28. The summed E-state index contributed by atoms with van der Waals surface area (Å²) in [4.78, 5) is 11.0. The molecule has 1 saturated carbocycles. The van der Waals surface area contributed by atoms with Gasteiger partial charge in [0.1, 0.15) is 0 Å². The number of nitrogens with zero attached hydrogens (tertiary/aromatic N) is 5. The van der Waals surface area contributed by atoms with E-state index in [0.717, 1.165) is 24.1 Å². The molecule has 2 N–H and O–H groups in total. The highest BCUT2D eigenvalue weighted by Crippen LogP contribution is 2.42. The number of aromatic amines is 1. The van der Waals surface area contributed by atoms with Crippen molar-refractivity contribution in [1.29, 1.82) is 0 Å². The molecule has 0 radical (unpaired) electrons. The number of rotatable bonds is 5. The second-order valence-electron chi connectivity index (χ2n) is 4.86. The van der Waals surface area contributed by atoms with Crippen LogP contribution < -0.4 is 0 Å². The molecule has 1 atom stereocenters. The first-order chi connectivity index (χ1) is 9.16. The molecule has 8 nitrogen and oxygen atoms in total. The van der Waals surface area contributed by atoms with E-state index in [1.54, 1.807) is 10.9 Å². The van der Waals surface area contributed by atoms with Crippen molar-refractivity contribution >= 4 is 5.97 Å². The molecule has 2 heterocycles. The van der Waals surface area contributed by atoms with E-state index in [-0.39, 0.29) is 12.5 Å². The fraction of sp³-hybridized carbons (Fsp3) is 0.545. The molecular weight excluding hydrogens is 248 g/mol. The van der Waals surface area contributed by atoms with Gasteiger partial charge < -0.3 is 5.11 Å². The van der Waals surface area contributed by atoms with Crippen molar-refractivity contribution in [3.05, 3.63) is 11.9 Å². The van der Waals surface area contributed by atoms with Crippen LogP contribution in [-0.2, 0) is 4.79 Å². The largest absolute Gasteiger partial charge is 0.481 e. The minimum absolute atomic E-state index is 0.0413. The third-order valence-corrected chi connectivity index (χ3v) is 3.43. The van der Waals surface area contributed by atoms with Gasteiger partial charge in [-0.05, 0) is 36.1 Å². The summed E-state index contributed by atoms with van der Waals surface area (Å²) in [5.41, 5.74) is 1.67. The molecule has 0 aromatic carbocycles. The van der Waals surface area contributed by atoms with E-state index in [2.05, 4.69) is 25.7 Å². The lowest BCUT2D eigenvalue weighted by Crippen LogP contribution is -2.18. The molecule has 0 spiro atoms. The SMILES string of the molecule is Cc1[nH]ncc1-c1nnnn1C(CC(=O)O)C1CC1. The number of hydrogen-bond acceptors (Lipinski definition) is 5. The topological polar surface area (TPSA) is 110 Å². The van der Waals surface area contributed by atoms with Gasteiger partial charge in [-0.3, -0.25) is 9.89 Å². The van der Waals surface area contributed by atoms with Crippen molar-refractivity contribution in [2.24, 2.45) is 5.92 Å². The molecule has 8 heteroatoms. The number of hydrogen-bond donors (Lipinski definition) is 2. The van der Waals surface area contributed by atoms with Crippen LogP contribution in [0.2, 0.25) is 0 Å². The highest BCUT2D eigenvalue weighted by atomic mass is 16.4. The monoisotopic (exact) mass is 262 g/mol. The van der Waals surface area contributed by atoms with Gasteiger partial charge in [0, 0.05) is 5.69 Å². The van der Waals surface area contributed by atoms with Crippen LogP contribution in [0.4, 0.5) is 0 Å². The molecule has 1 aliphatic carbocycles. The van der Waals surface area contributed by atoms with Gasteiger partial charge in [0.2, 0.25) is 0 Å². The van der Waals surface area contributed by atoms with E-state index < -0.39 is 5.97 Å². The molecule has 0 saturated heterocycles. The van der Waals surface area contributed by atoms with E-state index in [4.69, 9.17) is 5.11 Å². The zero-order chi connectivity index (χ0) is 13.4. The number of tetrazole rings is 1. The van der Waals surface area contributed by atoms with Crippen LogP contribution in [-0.4, -0.2) is 41.5 Å². The quantitative estimate of drug-likeness (QED) is 0.824. The van der Waals surface area contributed by atoms with Gasteiger partial charge in [0.15, 0.2) is 5.82 Å². The third kappa shape index (κ3) is 2.20. The standard InChI is InChI=1S/C11H14N6O2/c1-6-8(5-12-13-6)11-14-15-16-17(11)9(4-10(18)19)7-2-3-7/h5,7,9H,2-4H2,1H3,(H,12,13)(H,18,19). The van der Waals surface area contributed by atoms with Gasteiger partial charge in [-0.15, -0.1) is 5.10 Å². The second-order valence-corrected chi connectivity index (χ2v) is 4.86. The summed E-state index contributed by atoms with van der Waals surface area (Å²) in [6, 6.07) is -0.184. The number of nitrogens with one attached hydrogen (secondary N) is 1. The Balaban J connectivity index is 1.98. The van der Waals surface area contributed by atoms with Crippen molar-refractivity contribution < 1.29 is 9.90 Å². The molecule has 2 aromatic heterocycles. The second kappa shape index (κ2) is 4.45. The highest BCUT2D eigenvalue weighted by molar-refractivity contribution is 5.67. The van der Waals surface area contributed by atoms with Gasteiger partial charge in [0.05, 0.1) is 24.2 Å². The van der Waals surface area contributed by atoms with E-state index in [9.17, 15) is 4.79 Å². The fourth-order valence-corrected chi connectivity index (χ4v) is 2.28. The number of aryl methyl sites for hydroxylation is 1. The normalized spacial score (nSPS) is 16.5. The molecule has 100 valence electrons. The maximum Gasteiger partial charge on any atom is 0.305 e. The van der Waals surface area contributed by atoms with Crippen molar-refractivity contribution in [2.75, 3.05) is 0 Å². The van der Waals surface area contributed by atoms with Gasteiger partial charge in [0.25, 0.3) is 0 Å². The Kier molecular flexibility index (Phi) is 2.77. The molecular formula is C11H14N6O2. The van der Waals surface area contributed by atoms with Crippen LogP contribution in [0, 0.1) is 12.8 Å². The Morgan fingerprint density at radius 3 is 3.00 bits per heavy atom. The lowest BCUT2D eigenvalue weighted by Gasteiger charge is -2.15. The summed E-state index contributed by atoms with van der Waals surface area (Å²) in [5.74, 6) is 0.0947. The minimum Gasteiger partial charge on any atom is -0.481 e. The van der Waals surface area contributed by atoms with Crippen LogP contribution in [0.3, 0.4) is 0 Å². The average Bonchev–Trinajstić information content (AvgIpc) is 2.94. The summed E-state index contributed by atoms with van der Waals surface area (Å²) in [6.45, 7) is 1.88. The van der Waals surface area contributed by atoms with Crippen LogP contribution >= 0.6 is 0 Å². The molecule has 1 fully saturated rings. The van der Waals surface area contributed by atoms with E-state index in [1.165, 1.54) is 0 Å². The molecule has 0 amide bonds. The van der Waals surface area contributed by atoms with Crippen LogP contribution in [0.1, 0.15) is 31.0 Å². The molecule has 1 unspecified atom stereocenters. The van der Waals surface area contributed by atoms with Crippen molar-refractivity contribution in [3.63, 3.8) is 0 Å². The van der Waals surface area contributed by atoms with Crippen molar-refractivity contribution in [2.45, 2.75) is 32.2 Å². The Hall–Kier alpha value is -2.25. The average molecular weight is 262 g/mol. The predicted octanol–water partition coefficient (Wildman–Crippen LogP) is 0.797. The van der Waals surface area contributed by atoms with Gasteiger partial charge in [-0.2, -0.15) is 5.10 Å². The summed E-state index contributed by atoms with van der Waals surface area (Å²) < 4.78 is 1.63. The first-order valence-electron chi connectivity index (χ1n) is 6.17. The Morgan fingerprint density at radius 2 is 2.42 bits per heavy atom. The maximum absolute atomic E-state index is 11.0. The maximum atomic E-state index is 11.0. The highest BCUT2D eigenvalue weighted by Gasteiger charge is 2.36. The van der Waals surface area contributed by atoms with E-state index >= 15 is 0 Å². The summed E-state index contributed by atoms with van der Waals surface area (Å²) >= 11 is 0. The zero-order valence-corrected chi connectivity index (χ0v) is 10.4. The van der Waals surface area contributed by atoms with Gasteiger partial charge in [-0.1, -0.05) is 0 Å². The Bertz CT molecular complexity index is 600. The minimum atomic E-state index is -0.831. The van der Waals surface area contributed by atoms with Gasteiger partial charge >= 0.3 is 5.97 Å². The summed E-state index contributed by atoms with van der Waals surface area (Å²) in [6.07, 6.45) is 3.76. The smallest absolute Gasteiger partial charge is 0.305 e. The first kappa shape index (κ1) is 11.8. The molecule has 1 aliphatic rings. The number of H-pyrrole nitrogens is 1. The van der Waals surface area contributed by atoms with Crippen LogP contribution in [0.15, 0.2) is 6.20 Å². The van der Waals surface area contributed by atoms with E-state index in [1.807, 2.05) is 6.92 Å². The summed E-state index contributed by atoms with van der Waals surface area (Å²) in [5, 5.41) is 27.5. The number of carbonyl (C=O) groups is 1. The van der Waals surface area contributed by atoms with Crippen LogP contribution in [0.25, 0.3) is 11.4 Å². The Morgan fingerprint density at radius 1 is 1.63 bits per heavy atom. The summed E-state index contributed by atoms with van der Waals surface area (Å²) in [7, 11) is 0. The molecule has 0 aliphatic heterocycles. The Labute approximate surface area is 108 Å². The van der Waals surface area contributed by atoms with E-state index in [0.29, 0.717) is 11.7 Å². The van der Waals surface area contributed by atoms with Crippen molar-refractivity contribution in [1.82, 2.24) is 30.4 Å². The molecule has 3 rings (SSSR count). The number of carboxylic acid groups (broad SMARTS) is 1. The lowest BCUT2D eigenvalue weighted by atomic mass is 10.1. The third-order valence-electron chi connectivity index (χ3n) is 3.43. The predicted molar refractivity (Wildman–Crippen MR) is 64.1 cm³/mol. The van der Waals surface area contributed by atoms with Gasteiger partial charge in [-0.25, -0.2) is 4.68 Å². The molecule has 19 heavy (non-hydrogen) atoms. The number of aliphatic carboxylic acids is 1. The number of aromatic nitrogens is 6. The molecule has 0 bridgehead atoms.